The average molecular weight is 284 g/mol. The molecule has 0 radical (unpaired) electrons. The van der Waals surface area contributed by atoms with Crippen molar-refractivity contribution in [3.8, 4) is 17.2 Å². The molecule has 0 N–H and O–H groups in total. The number of para-hydroxylation sites is 1. The van der Waals surface area contributed by atoms with Crippen molar-refractivity contribution in [1.29, 1.82) is 0 Å². The Hall–Kier alpha value is -2.69. The molecular weight excluding hydrogens is 271 g/mol. The summed E-state index contributed by atoms with van der Waals surface area (Å²) in [6.45, 7) is 1.83. The van der Waals surface area contributed by atoms with Crippen molar-refractivity contribution in [1.82, 2.24) is 10.2 Å². The van der Waals surface area contributed by atoms with E-state index >= 15 is 0 Å². The van der Waals surface area contributed by atoms with Gasteiger partial charge in [-0.1, -0.05) is 18.2 Å². The van der Waals surface area contributed by atoms with Crippen molar-refractivity contribution in [2.75, 3.05) is 0 Å². The first-order valence-corrected chi connectivity index (χ1v) is 6.53. The zero-order valence-corrected chi connectivity index (χ0v) is 11.4. The van der Waals surface area contributed by atoms with E-state index in [0.717, 1.165) is 5.75 Å². The fourth-order valence-electron chi connectivity index (χ4n) is 1.86. The van der Waals surface area contributed by atoms with Gasteiger partial charge in [0.2, 0.25) is 5.89 Å². The highest BCUT2D eigenvalue weighted by Gasteiger charge is 2.16. The maximum absolute atomic E-state index is 12.9. The molecule has 106 valence electrons. The zero-order chi connectivity index (χ0) is 14.7. The quantitative estimate of drug-likeness (QED) is 0.726. The lowest BCUT2D eigenvalue weighted by Crippen LogP contribution is -2.03. The number of halogens is 1. The molecule has 0 bridgehead atoms. The molecule has 0 spiro atoms. The summed E-state index contributed by atoms with van der Waals surface area (Å²) in [4.78, 5) is 0. The van der Waals surface area contributed by atoms with Crippen LogP contribution < -0.4 is 4.74 Å². The molecule has 1 heterocycles. The van der Waals surface area contributed by atoms with Gasteiger partial charge in [0.25, 0.3) is 5.89 Å². The normalized spacial score (nSPS) is 12.1. The molecule has 0 saturated heterocycles. The Morgan fingerprint density at radius 1 is 1.00 bits per heavy atom. The number of ether oxygens (including phenoxy) is 1. The molecule has 0 aliphatic carbocycles. The van der Waals surface area contributed by atoms with E-state index in [0.29, 0.717) is 17.3 Å². The summed E-state index contributed by atoms with van der Waals surface area (Å²) >= 11 is 0. The van der Waals surface area contributed by atoms with Gasteiger partial charge in [0.1, 0.15) is 11.6 Å². The van der Waals surface area contributed by atoms with E-state index in [2.05, 4.69) is 10.2 Å². The van der Waals surface area contributed by atoms with E-state index in [-0.39, 0.29) is 11.9 Å². The Bertz CT molecular complexity index is 711. The lowest BCUT2D eigenvalue weighted by atomic mass is 10.2. The first-order chi connectivity index (χ1) is 10.2. The van der Waals surface area contributed by atoms with Crippen LogP contribution in [0.1, 0.15) is 18.9 Å². The van der Waals surface area contributed by atoms with E-state index in [1.54, 1.807) is 12.1 Å². The molecule has 0 fully saturated rings. The van der Waals surface area contributed by atoms with Crippen LogP contribution in [-0.4, -0.2) is 10.2 Å². The molecule has 21 heavy (non-hydrogen) atoms. The van der Waals surface area contributed by atoms with E-state index in [1.807, 2.05) is 37.3 Å². The summed E-state index contributed by atoms with van der Waals surface area (Å²) in [6, 6.07) is 15.3. The molecule has 0 amide bonds. The summed E-state index contributed by atoms with van der Waals surface area (Å²) in [5.74, 6) is 1.14. The summed E-state index contributed by atoms with van der Waals surface area (Å²) in [5, 5.41) is 7.94. The molecule has 0 saturated carbocycles. The average Bonchev–Trinajstić information content (AvgIpc) is 2.99. The molecule has 3 rings (SSSR count). The summed E-state index contributed by atoms with van der Waals surface area (Å²) in [5.41, 5.74) is 0.669. The third kappa shape index (κ3) is 3.08. The second kappa shape index (κ2) is 5.75. The van der Waals surface area contributed by atoms with Crippen LogP contribution >= 0.6 is 0 Å². The molecule has 0 aliphatic heterocycles. The fraction of sp³-hybridized carbons (Fsp3) is 0.125. The smallest absolute Gasteiger partial charge is 0.257 e. The molecule has 4 nitrogen and oxygen atoms in total. The first-order valence-electron chi connectivity index (χ1n) is 6.53. The molecule has 3 aromatic rings. The zero-order valence-electron chi connectivity index (χ0n) is 11.4. The highest BCUT2D eigenvalue weighted by molar-refractivity contribution is 5.51. The number of benzene rings is 2. The van der Waals surface area contributed by atoms with Gasteiger partial charge in [-0.05, 0) is 43.3 Å². The SMILES string of the molecule is CC(Oc1ccccc1)c1nnc(-c2ccc(F)cc2)o1. The molecular formula is C16H13FN2O2. The van der Waals surface area contributed by atoms with Gasteiger partial charge in [-0.25, -0.2) is 4.39 Å². The van der Waals surface area contributed by atoms with Crippen LogP contribution in [0.4, 0.5) is 4.39 Å². The lowest BCUT2D eigenvalue weighted by Gasteiger charge is -2.10. The Kier molecular flexibility index (Phi) is 3.64. The Labute approximate surface area is 121 Å². The minimum Gasteiger partial charge on any atom is -0.481 e. The van der Waals surface area contributed by atoms with Crippen molar-refractivity contribution in [3.05, 3.63) is 66.3 Å². The summed E-state index contributed by atoms with van der Waals surface area (Å²) in [7, 11) is 0. The van der Waals surface area contributed by atoms with Crippen LogP contribution in [-0.2, 0) is 0 Å². The van der Waals surface area contributed by atoms with Gasteiger partial charge < -0.3 is 9.15 Å². The highest BCUT2D eigenvalue weighted by Crippen LogP contribution is 2.24. The number of hydrogen-bond acceptors (Lipinski definition) is 4. The Morgan fingerprint density at radius 3 is 2.43 bits per heavy atom. The second-order valence-corrected chi connectivity index (χ2v) is 4.53. The van der Waals surface area contributed by atoms with E-state index in [4.69, 9.17) is 9.15 Å². The molecule has 2 aromatic carbocycles. The van der Waals surface area contributed by atoms with Gasteiger partial charge in [0.05, 0.1) is 0 Å². The van der Waals surface area contributed by atoms with Crippen molar-refractivity contribution in [2.24, 2.45) is 0 Å². The van der Waals surface area contributed by atoms with Crippen LogP contribution in [0.3, 0.4) is 0 Å². The summed E-state index contributed by atoms with van der Waals surface area (Å²) < 4.78 is 24.2. The number of rotatable bonds is 4. The van der Waals surface area contributed by atoms with Crippen LogP contribution in [0.25, 0.3) is 11.5 Å². The molecule has 5 heteroatoms. The van der Waals surface area contributed by atoms with E-state index in [1.165, 1.54) is 12.1 Å². The fourth-order valence-corrected chi connectivity index (χ4v) is 1.86. The third-order valence-electron chi connectivity index (χ3n) is 2.94. The van der Waals surface area contributed by atoms with Gasteiger partial charge in [-0.2, -0.15) is 0 Å². The van der Waals surface area contributed by atoms with Gasteiger partial charge in [-0.15, -0.1) is 10.2 Å². The number of hydrogen-bond donors (Lipinski definition) is 0. The number of aromatic nitrogens is 2. The lowest BCUT2D eigenvalue weighted by molar-refractivity contribution is 0.189. The maximum Gasteiger partial charge on any atom is 0.257 e. The van der Waals surface area contributed by atoms with Crippen LogP contribution in [0.15, 0.2) is 59.0 Å². The predicted molar refractivity (Wildman–Crippen MR) is 75.2 cm³/mol. The van der Waals surface area contributed by atoms with Crippen molar-refractivity contribution < 1.29 is 13.5 Å². The van der Waals surface area contributed by atoms with Crippen molar-refractivity contribution in [2.45, 2.75) is 13.0 Å². The van der Waals surface area contributed by atoms with E-state index < -0.39 is 0 Å². The molecule has 1 aromatic heterocycles. The Balaban J connectivity index is 1.76. The largest absolute Gasteiger partial charge is 0.481 e. The number of nitrogens with zero attached hydrogens (tertiary/aromatic N) is 2. The van der Waals surface area contributed by atoms with Crippen LogP contribution in [0, 0.1) is 5.82 Å². The molecule has 0 aliphatic rings. The monoisotopic (exact) mass is 284 g/mol. The van der Waals surface area contributed by atoms with Gasteiger partial charge in [0.15, 0.2) is 6.10 Å². The second-order valence-electron chi connectivity index (χ2n) is 4.53. The topological polar surface area (TPSA) is 48.2 Å². The molecule has 1 unspecified atom stereocenters. The molecule has 1 atom stereocenters. The highest BCUT2D eigenvalue weighted by atomic mass is 19.1. The van der Waals surface area contributed by atoms with Crippen molar-refractivity contribution in [3.63, 3.8) is 0 Å². The van der Waals surface area contributed by atoms with Crippen molar-refractivity contribution >= 4 is 0 Å². The van der Waals surface area contributed by atoms with Gasteiger partial charge >= 0.3 is 0 Å². The third-order valence-corrected chi connectivity index (χ3v) is 2.94. The minimum absolute atomic E-state index is 0.306. The van der Waals surface area contributed by atoms with E-state index in [9.17, 15) is 4.39 Å². The van der Waals surface area contributed by atoms with Gasteiger partial charge in [-0.3, -0.25) is 0 Å². The standard InChI is InChI=1S/C16H13FN2O2/c1-11(20-14-5-3-2-4-6-14)15-18-19-16(21-15)12-7-9-13(17)10-8-12/h2-11H,1H3. The summed E-state index contributed by atoms with van der Waals surface area (Å²) in [6.07, 6.45) is -0.367. The van der Waals surface area contributed by atoms with Gasteiger partial charge in [0, 0.05) is 5.56 Å². The predicted octanol–water partition coefficient (Wildman–Crippen LogP) is 4.02. The minimum atomic E-state index is -0.367. The first kappa shape index (κ1) is 13.3. The van der Waals surface area contributed by atoms with Crippen LogP contribution in [0.5, 0.6) is 5.75 Å². The Morgan fingerprint density at radius 2 is 1.71 bits per heavy atom. The maximum atomic E-state index is 12.9. The van der Waals surface area contributed by atoms with Crippen LogP contribution in [0.2, 0.25) is 0 Å².